The summed E-state index contributed by atoms with van der Waals surface area (Å²) in [6.45, 7) is 2.18. The normalized spacial score (nSPS) is 23.6. The first kappa shape index (κ1) is 16.4. The Hall–Kier alpha value is -2.08. The first-order chi connectivity index (χ1) is 12.2. The predicted molar refractivity (Wildman–Crippen MR) is 95.5 cm³/mol. The van der Waals surface area contributed by atoms with E-state index in [1.54, 1.807) is 23.5 Å². The molecule has 2 aliphatic heterocycles. The Balaban J connectivity index is 1.41. The summed E-state index contributed by atoms with van der Waals surface area (Å²) in [4.78, 5) is 30.2. The molecular weight excluding hydrogens is 336 g/mol. The molecule has 2 fully saturated rings. The van der Waals surface area contributed by atoms with Gasteiger partial charge in [0.2, 0.25) is 5.91 Å². The van der Waals surface area contributed by atoms with Crippen LogP contribution >= 0.6 is 11.3 Å². The van der Waals surface area contributed by atoms with Crippen molar-refractivity contribution < 1.29 is 14.0 Å². The van der Waals surface area contributed by atoms with E-state index in [4.69, 9.17) is 4.42 Å². The number of carbonyl (C=O) groups excluding carboxylic acids is 2. The van der Waals surface area contributed by atoms with Crippen molar-refractivity contribution in [3.63, 3.8) is 0 Å². The molecule has 0 aliphatic carbocycles. The van der Waals surface area contributed by atoms with Crippen LogP contribution in [0.5, 0.6) is 0 Å². The van der Waals surface area contributed by atoms with E-state index in [1.165, 1.54) is 11.1 Å². The van der Waals surface area contributed by atoms with E-state index < -0.39 is 0 Å². The molecule has 2 aromatic rings. The average molecular weight is 358 g/mol. The molecule has 0 N–H and O–H groups in total. The van der Waals surface area contributed by atoms with Crippen molar-refractivity contribution in [3.05, 3.63) is 46.5 Å². The molecule has 2 aromatic heterocycles. The van der Waals surface area contributed by atoms with Crippen LogP contribution in [0.4, 0.5) is 0 Å². The molecule has 5 nitrogen and oxygen atoms in total. The van der Waals surface area contributed by atoms with Gasteiger partial charge in [0, 0.05) is 37.0 Å². The zero-order valence-corrected chi connectivity index (χ0v) is 14.9. The van der Waals surface area contributed by atoms with E-state index >= 15 is 0 Å². The maximum atomic E-state index is 12.5. The number of hydrogen-bond acceptors (Lipinski definition) is 4. The molecule has 2 atom stereocenters. The van der Waals surface area contributed by atoms with E-state index in [9.17, 15) is 9.59 Å². The highest BCUT2D eigenvalue weighted by Gasteiger charge is 2.40. The second kappa shape index (κ2) is 7.04. The summed E-state index contributed by atoms with van der Waals surface area (Å²) in [6, 6.07) is 7.90. The number of rotatable bonds is 4. The fourth-order valence-electron chi connectivity index (χ4n) is 4.07. The molecule has 4 heterocycles. The van der Waals surface area contributed by atoms with Gasteiger partial charge in [0.15, 0.2) is 5.76 Å². The maximum Gasteiger partial charge on any atom is 0.289 e. The highest BCUT2D eigenvalue weighted by molar-refractivity contribution is 7.09. The van der Waals surface area contributed by atoms with Gasteiger partial charge in [-0.15, -0.1) is 11.3 Å². The van der Waals surface area contributed by atoms with Crippen molar-refractivity contribution in [1.29, 1.82) is 0 Å². The molecule has 2 saturated heterocycles. The number of nitrogens with zero attached hydrogens (tertiary/aromatic N) is 2. The molecule has 0 aromatic carbocycles. The fraction of sp³-hybridized carbons (Fsp3) is 0.474. The van der Waals surface area contributed by atoms with Gasteiger partial charge in [-0.25, -0.2) is 0 Å². The number of amides is 2. The van der Waals surface area contributed by atoms with Crippen LogP contribution in [0.1, 0.15) is 34.7 Å². The molecule has 0 spiro atoms. The summed E-state index contributed by atoms with van der Waals surface area (Å²) in [5.41, 5.74) is 0. The minimum absolute atomic E-state index is 0.0366. The third-order valence-electron chi connectivity index (χ3n) is 5.34. The molecule has 0 unspecified atom stereocenters. The second-order valence-corrected chi connectivity index (χ2v) is 7.83. The molecule has 2 aliphatic rings. The number of fused-ring (bicyclic) bond motifs is 1. The molecule has 0 bridgehead atoms. The van der Waals surface area contributed by atoms with Crippen LogP contribution < -0.4 is 0 Å². The number of likely N-dealkylation sites (tertiary alicyclic amines) is 2. The van der Waals surface area contributed by atoms with Crippen LogP contribution in [0.2, 0.25) is 0 Å². The van der Waals surface area contributed by atoms with Crippen molar-refractivity contribution in [2.24, 2.45) is 5.92 Å². The van der Waals surface area contributed by atoms with Gasteiger partial charge in [-0.2, -0.15) is 0 Å². The van der Waals surface area contributed by atoms with E-state index in [1.807, 2.05) is 4.90 Å². The molecule has 6 heteroatoms. The number of carbonyl (C=O) groups is 2. The van der Waals surface area contributed by atoms with Gasteiger partial charge in [0.1, 0.15) is 0 Å². The molecule has 132 valence electrons. The Morgan fingerprint density at radius 3 is 2.96 bits per heavy atom. The predicted octanol–water partition coefficient (Wildman–Crippen LogP) is 3.04. The van der Waals surface area contributed by atoms with Gasteiger partial charge in [0.05, 0.1) is 6.26 Å². The zero-order chi connectivity index (χ0) is 17.2. The molecule has 4 rings (SSSR count). The highest BCUT2D eigenvalue weighted by atomic mass is 32.1. The molecule has 0 radical (unpaired) electrons. The van der Waals surface area contributed by atoms with Gasteiger partial charge in [0.25, 0.3) is 5.91 Å². The minimum Gasteiger partial charge on any atom is -0.459 e. The van der Waals surface area contributed by atoms with Crippen molar-refractivity contribution in [2.75, 3.05) is 19.6 Å². The number of furan rings is 1. The molecule has 0 saturated carbocycles. The largest absolute Gasteiger partial charge is 0.459 e. The SMILES string of the molecule is O=C(c1ccco1)N1CC[C@@H]2[C@@H](CCC(=O)N2CCc2cccs2)C1. The summed E-state index contributed by atoms with van der Waals surface area (Å²) in [5, 5.41) is 2.08. The lowest BCUT2D eigenvalue weighted by atomic mass is 9.83. The van der Waals surface area contributed by atoms with Gasteiger partial charge < -0.3 is 14.2 Å². The molecule has 2 amide bonds. The van der Waals surface area contributed by atoms with Crippen molar-refractivity contribution in [3.8, 4) is 0 Å². The molecular formula is C19H22N2O3S. The summed E-state index contributed by atoms with van der Waals surface area (Å²) in [7, 11) is 0. The van der Waals surface area contributed by atoms with E-state index in [2.05, 4.69) is 22.4 Å². The van der Waals surface area contributed by atoms with Gasteiger partial charge in [-0.05, 0) is 48.8 Å². The van der Waals surface area contributed by atoms with Gasteiger partial charge in [-0.3, -0.25) is 9.59 Å². The van der Waals surface area contributed by atoms with E-state index in [0.717, 1.165) is 25.8 Å². The summed E-state index contributed by atoms with van der Waals surface area (Å²) >= 11 is 1.74. The Morgan fingerprint density at radius 1 is 1.28 bits per heavy atom. The van der Waals surface area contributed by atoms with Crippen molar-refractivity contribution in [1.82, 2.24) is 9.80 Å². The minimum atomic E-state index is -0.0366. The highest BCUT2D eigenvalue weighted by Crippen LogP contribution is 2.32. The number of hydrogen-bond donors (Lipinski definition) is 0. The topological polar surface area (TPSA) is 53.8 Å². The average Bonchev–Trinajstić information content (AvgIpc) is 3.33. The van der Waals surface area contributed by atoms with Crippen LogP contribution in [0.3, 0.4) is 0 Å². The Labute approximate surface area is 151 Å². The van der Waals surface area contributed by atoms with Crippen molar-refractivity contribution >= 4 is 23.2 Å². The Bertz CT molecular complexity index is 726. The summed E-state index contributed by atoms with van der Waals surface area (Å²) in [6.07, 6.45) is 4.77. The first-order valence-electron chi connectivity index (χ1n) is 8.87. The third-order valence-corrected chi connectivity index (χ3v) is 6.28. The molecule has 25 heavy (non-hydrogen) atoms. The summed E-state index contributed by atoms with van der Waals surface area (Å²) in [5.74, 6) is 1.00. The van der Waals surface area contributed by atoms with Crippen molar-refractivity contribution in [2.45, 2.75) is 31.7 Å². The smallest absolute Gasteiger partial charge is 0.289 e. The quantitative estimate of drug-likeness (QED) is 0.844. The Morgan fingerprint density at radius 2 is 2.20 bits per heavy atom. The standard InChI is InChI=1S/C19H22N2O3S/c22-18-6-5-14-13-20(19(23)17-4-1-11-24-17)9-8-16(14)21(18)10-7-15-3-2-12-25-15/h1-4,11-12,14,16H,5-10,13H2/t14-,16+/m0/s1. The van der Waals surface area contributed by atoms with Crippen LogP contribution in [-0.2, 0) is 11.2 Å². The van der Waals surface area contributed by atoms with Crippen LogP contribution in [0.15, 0.2) is 40.3 Å². The van der Waals surface area contributed by atoms with Crippen LogP contribution in [-0.4, -0.2) is 47.3 Å². The number of thiophene rings is 1. The summed E-state index contributed by atoms with van der Waals surface area (Å²) < 4.78 is 5.25. The number of piperidine rings is 2. The van der Waals surface area contributed by atoms with Crippen LogP contribution in [0.25, 0.3) is 0 Å². The lowest BCUT2D eigenvalue weighted by molar-refractivity contribution is -0.140. The van der Waals surface area contributed by atoms with Crippen LogP contribution in [0, 0.1) is 5.92 Å². The van der Waals surface area contributed by atoms with E-state index in [-0.39, 0.29) is 17.9 Å². The lowest BCUT2D eigenvalue weighted by Crippen LogP contribution is -2.57. The van der Waals surface area contributed by atoms with Gasteiger partial charge in [-0.1, -0.05) is 6.07 Å². The first-order valence-corrected chi connectivity index (χ1v) is 9.75. The second-order valence-electron chi connectivity index (χ2n) is 6.80. The van der Waals surface area contributed by atoms with Gasteiger partial charge >= 0.3 is 0 Å². The fourth-order valence-corrected chi connectivity index (χ4v) is 4.77. The van der Waals surface area contributed by atoms with E-state index in [0.29, 0.717) is 31.2 Å². The third kappa shape index (κ3) is 3.35. The zero-order valence-electron chi connectivity index (χ0n) is 14.1. The Kier molecular flexibility index (Phi) is 4.61. The lowest BCUT2D eigenvalue weighted by Gasteiger charge is -2.47. The monoisotopic (exact) mass is 358 g/mol. The maximum absolute atomic E-state index is 12.5.